The van der Waals surface area contributed by atoms with Crippen LogP contribution in [-0.4, -0.2) is 21.9 Å². The first-order valence-corrected chi connectivity index (χ1v) is 8.84. The SMILES string of the molecule is CCCOc1ccccc1C(=O)Nc1nc(-c2cccs2)ns1. The summed E-state index contributed by atoms with van der Waals surface area (Å²) in [6.45, 7) is 2.60. The van der Waals surface area contributed by atoms with Gasteiger partial charge in [-0.3, -0.25) is 10.1 Å². The summed E-state index contributed by atoms with van der Waals surface area (Å²) in [6, 6.07) is 11.1. The largest absolute Gasteiger partial charge is 0.493 e. The number of nitrogens with one attached hydrogen (secondary N) is 1. The molecule has 1 aromatic carbocycles. The van der Waals surface area contributed by atoms with Gasteiger partial charge in [-0.2, -0.15) is 9.36 Å². The molecule has 0 saturated heterocycles. The van der Waals surface area contributed by atoms with Crippen LogP contribution in [0.5, 0.6) is 5.75 Å². The third-order valence-corrected chi connectivity index (χ3v) is 4.48. The molecule has 3 rings (SSSR count). The van der Waals surface area contributed by atoms with Crippen molar-refractivity contribution in [2.24, 2.45) is 0 Å². The molecule has 118 valence electrons. The van der Waals surface area contributed by atoms with Crippen molar-refractivity contribution in [3.05, 3.63) is 47.3 Å². The summed E-state index contributed by atoms with van der Waals surface area (Å²) in [5, 5.41) is 5.23. The Hall–Kier alpha value is -2.25. The van der Waals surface area contributed by atoms with E-state index in [0.717, 1.165) is 11.3 Å². The van der Waals surface area contributed by atoms with E-state index in [1.54, 1.807) is 23.5 Å². The number of hydrogen-bond donors (Lipinski definition) is 1. The van der Waals surface area contributed by atoms with Gasteiger partial charge in [0.15, 0.2) is 5.82 Å². The molecule has 0 aliphatic heterocycles. The van der Waals surface area contributed by atoms with Crippen LogP contribution >= 0.6 is 22.9 Å². The standard InChI is InChI=1S/C16H15N3O2S2/c1-2-9-21-12-7-4-3-6-11(12)15(20)18-16-17-14(19-23-16)13-8-5-10-22-13/h3-8,10H,2,9H2,1H3,(H,17,18,19,20). The summed E-state index contributed by atoms with van der Waals surface area (Å²) in [7, 11) is 0. The van der Waals surface area contributed by atoms with E-state index in [0.29, 0.717) is 28.9 Å². The van der Waals surface area contributed by atoms with Crippen molar-refractivity contribution in [2.75, 3.05) is 11.9 Å². The van der Waals surface area contributed by atoms with Crippen LogP contribution in [0, 0.1) is 0 Å². The van der Waals surface area contributed by atoms with Gasteiger partial charge in [-0.15, -0.1) is 11.3 Å². The van der Waals surface area contributed by atoms with Crippen molar-refractivity contribution in [1.82, 2.24) is 9.36 Å². The molecular weight excluding hydrogens is 330 g/mol. The van der Waals surface area contributed by atoms with Crippen molar-refractivity contribution in [3.63, 3.8) is 0 Å². The summed E-state index contributed by atoms with van der Waals surface area (Å²) in [4.78, 5) is 17.8. The number of amides is 1. The lowest BCUT2D eigenvalue weighted by atomic mass is 10.2. The second kappa shape index (κ2) is 7.34. The smallest absolute Gasteiger partial charge is 0.261 e. The van der Waals surface area contributed by atoms with Gasteiger partial charge in [0, 0.05) is 11.5 Å². The summed E-state index contributed by atoms with van der Waals surface area (Å²) < 4.78 is 9.89. The van der Waals surface area contributed by atoms with Crippen molar-refractivity contribution in [2.45, 2.75) is 13.3 Å². The van der Waals surface area contributed by atoms with E-state index in [-0.39, 0.29) is 5.91 Å². The average Bonchev–Trinajstić information content (AvgIpc) is 3.24. The van der Waals surface area contributed by atoms with Gasteiger partial charge in [0.2, 0.25) is 5.13 Å². The van der Waals surface area contributed by atoms with Crippen molar-refractivity contribution in [1.29, 1.82) is 0 Å². The highest BCUT2D eigenvalue weighted by Crippen LogP contribution is 2.26. The molecule has 5 nitrogen and oxygen atoms in total. The minimum absolute atomic E-state index is 0.245. The van der Waals surface area contributed by atoms with Gasteiger partial charge >= 0.3 is 0 Å². The molecule has 1 N–H and O–H groups in total. The summed E-state index contributed by atoms with van der Waals surface area (Å²) >= 11 is 2.73. The van der Waals surface area contributed by atoms with E-state index in [1.165, 1.54) is 11.5 Å². The van der Waals surface area contributed by atoms with E-state index >= 15 is 0 Å². The van der Waals surface area contributed by atoms with E-state index in [2.05, 4.69) is 14.7 Å². The molecule has 0 radical (unpaired) electrons. The van der Waals surface area contributed by atoms with E-state index in [4.69, 9.17) is 4.74 Å². The molecule has 23 heavy (non-hydrogen) atoms. The third-order valence-electron chi connectivity index (χ3n) is 2.98. The van der Waals surface area contributed by atoms with Crippen molar-refractivity contribution >= 4 is 33.9 Å². The Balaban J connectivity index is 1.75. The number of anilines is 1. The quantitative estimate of drug-likeness (QED) is 0.723. The van der Waals surface area contributed by atoms with Crippen LogP contribution in [0.2, 0.25) is 0 Å². The first kappa shape index (κ1) is 15.6. The van der Waals surface area contributed by atoms with Gasteiger partial charge in [-0.05, 0) is 30.0 Å². The number of hydrogen-bond acceptors (Lipinski definition) is 6. The molecule has 2 aromatic heterocycles. The lowest BCUT2D eigenvalue weighted by Gasteiger charge is -2.09. The maximum Gasteiger partial charge on any atom is 0.261 e. The monoisotopic (exact) mass is 345 g/mol. The fraction of sp³-hybridized carbons (Fsp3) is 0.188. The van der Waals surface area contributed by atoms with Crippen molar-refractivity contribution < 1.29 is 9.53 Å². The molecule has 1 amide bonds. The fourth-order valence-electron chi connectivity index (χ4n) is 1.94. The summed E-state index contributed by atoms with van der Waals surface area (Å²) in [6.07, 6.45) is 0.885. The van der Waals surface area contributed by atoms with Gasteiger partial charge in [0.1, 0.15) is 5.75 Å². The number of carbonyl (C=O) groups excluding carboxylic acids is 1. The molecular formula is C16H15N3O2S2. The number of nitrogens with zero attached hydrogens (tertiary/aromatic N) is 2. The van der Waals surface area contributed by atoms with E-state index in [1.807, 2.05) is 36.6 Å². The van der Waals surface area contributed by atoms with Crippen LogP contribution < -0.4 is 10.1 Å². The average molecular weight is 345 g/mol. The predicted molar refractivity (Wildman–Crippen MR) is 93.4 cm³/mol. The number of rotatable bonds is 6. The normalized spacial score (nSPS) is 10.5. The van der Waals surface area contributed by atoms with E-state index < -0.39 is 0 Å². The zero-order valence-corrected chi connectivity index (χ0v) is 14.1. The maximum absolute atomic E-state index is 12.4. The Morgan fingerprint density at radius 2 is 2.13 bits per heavy atom. The van der Waals surface area contributed by atoms with Crippen LogP contribution in [0.15, 0.2) is 41.8 Å². The van der Waals surface area contributed by atoms with Gasteiger partial charge in [-0.25, -0.2) is 0 Å². The Bertz CT molecular complexity index is 784. The Morgan fingerprint density at radius 3 is 2.91 bits per heavy atom. The number of para-hydroxylation sites is 1. The topological polar surface area (TPSA) is 64.1 Å². The molecule has 0 saturated carbocycles. The van der Waals surface area contributed by atoms with Gasteiger partial charge in [0.05, 0.1) is 17.0 Å². The molecule has 0 fully saturated rings. The highest BCUT2D eigenvalue weighted by molar-refractivity contribution is 7.14. The Kier molecular flexibility index (Phi) is 4.99. The first-order valence-electron chi connectivity index (χ1n) is 7.18. The van der Waals surface area contributed by atoms with Gasteiger partial charge < -0.3 is 4.74 Å². The molecule has 0 bridgehead atoms. The Labute approximate surface area is 142 Å². The van der Waals surface area contributed by atoms with Crippen LogP contribution in [0.1, 0.15) is 23.7 Å². The summed E-state index contributed by atoms with van der Waals surface area (Å²) in [5.41, 5.74) is 0.494. The minimum Gasteiger partial charge on any atom is -0.493 e. The number of thiophene rings is 1. The maximum atomic E-state index is 12.4. The third kappa shape index (κ3) is 3.75. The number of ether oxygens (including phenoxy) is 1. The zero-order chi connectivity index (χ0) is 16.1. The predicted octanol–water partition coefficient (Wildman–Crippen LogP) is 4.31. The second-order valence-electron chi connectivity index (χ2n) is 4.70. The Morgan fingerprint density at radius 1 is 1.26 bits per heavy atom. The molecule has 0 aliphatic carbocycles. The second-order valence-corrected chi connectivity index (χ2v) is 6.40. The zero-order valence-electron chi connectivity index (χ0n) is 12.5. The fourth-order valence-corrected chi connectivity index (χ4v) is 3.23. The molecule has 0 atom stereocenters. The van der Waals surface area contributed by atoms with Crippen LogP contribution in [0.4, 0.5) is 5.13 Å². The highest BCUT2D eigenvalue weighted by atomic mass is 32.1. The molecule has 2 heterocycles. The molecule has 0 aliphatic rings. The first-order chi connectivity index (χ1) is 11.3. The number of carbonyl (C=O) groups is 1. The number of aromatic nitrogens is 2. The minimum atomic E-state index is -0.245. The molecule has 7 heteroatoms. The molecule has 3 aromatic rings. The highest BCUT2D eigenvalue weighted by Gasteiger charge is 2.15. The van der Waals surface area contributed by atoms with Gasteiger partial charge in [-0.1, -0.05) is 25.1 Å². The number of benzene rings is 1. The van der Waals surface area contributed by atoms with Crippen LogP contribution in [-0.2, 0) is 0 Å². The lowest BCUT2D eigenvalue weighted by molar-refractivity contribution is 0.102. The molecule has 0 unspecified atom stereocenters. The molecule has 0 spiro atoms. The van der Waals surface area contributed by atoms with E-state index in [9.17, 15) is 4.79 Å². The van der Waals surface area contributed by atoms with Crippen LogP contribution in [0.3, 0.4) is 0 Å². The van der Waals surface area contributed by atoms with Crippen molar-refractivity contribution in [3.8, 4) is 16.5 Å². The van der Waals surface area contributed by atoms with Crippen LogP contribution in [0.25, 0.3) is 10.7 Å². The van der Waals surface area contributed by atoms with Gasteiger partial charge in [0.25, 0.3) is 5.91 Å². The lowest BCUT2D eigenvalue weighted by Crippen LogP contribution is -2.13. The summed E-state index contributed by atoms with van der Waals surface area (Å²) in [5.74, 6) is 0.969.